The summed E-state index contributed by atoms with van der Waals surface area (Å²) in [5.41, 5.74) is 4.20. The van der Waals surface area contributed by atoms with Crippen LogP contribution in [0.5, 0.6) is 0 Å². The molecular formula is C20H18BrN3O. The largest absolute Gasteiger partial charge is 0.354 e. The van der Waals surface area contributed by atoms with Gasteiger partial charge in [0.1, 0.15) is 5.69 Å². The third-order valence-corrected chi connectivity index (χ3v) is 4.75. The van der Waals surface area contributed by atoms with Gasteiger partial charge in [0.15, 0.2) is 0 Å². The second-order valence-corrected chi connectivity index (χ2v) is 6.58. The summed E-state index contributed by atoms with van der Waals surface area (Å²) < 4.78 is 1.04. The van der Waals surface area contributed by atoms with Crippen LogP contribution in [0.1, 0.15) is 16.1 Å². The maximum atomic E-state index is 12.5. The molecule has 0 aliphatic carbocycles. The summed E-state index contributed by atoms with van der Waals surface area (Å²) in [4.78, 5) is 18.4. The monoisotopic (exact) mass is 395 g/mol. The van der Waals surface area contributed by atoms with Gasteiger partial charge in [-0.1, -0.05) is 40.2 Å². The molecule has 5 heteroatoms. The predicted molar refractivity (Wildman–Crippen MR) is 106 cm³/mol. The highest BCUT2D eigenvalue weighted by molar-refractivity contribution is 9.10. The van der Waals surface area contributed by atoms with Crippen molar-refractivity contribution in [1.29, 1.82) is 0 Å². The van der Waals surface area contributed by atoms with E-state index >= 15 is 0 Å². The fourth-order valence-electron chi connectivity index (χ4n) is 2.37. The summed E-state index contributed by atoms with van der Waals surface area (Å²) >= 11 is 3.52. The molecule has 126 valence electrons. The maximum absolute atomic E-state index is 12.5. The number of anilines is 3. The molecule has 0 saturated carbocycles. The first-order valence-corrected chi connectivity index (χ1v) is 8.66. The van der Waals surface area contributed by atoms with Gasteiger partial charge in [0, 0.05) is 22.9 Å². The number of aromatic nitrogens is 1. The van der Waals surface area contributed by atoms with Crippen molar-refractivity contribution in [2.45, 2.75) is 6.92 Å². The first kappa shape index (κ1) is 17.2. The SMILES string of the molecule is Cc1ccc(Nc2ccc(C(=O)N(C)c3ccccc3)nc2)cc1Br. The molecule has 2 aromatic carbocycles. The molecule has 0 bridgehead atoms. The van der Waals surface area contributed by atoms with E-state index in [2.05, 4.69) is 26.2 Å². The Morgan fingerprint density at radius 2 is 1.76 bits per heavy atom. The Hall–Kier alpha value is -2.66. The number of carbonyl (C=O) groups excluding carboxylic acids is 1. The van der Waals surface area contributed by atoms with Crippen LogP contribution in [0.25, 0.3) is 0 Å². The van der Waals surface area contributed by atoms with Crippen molar-refractivity contribution in [3.63, 3.8) is 0 Å². The van der Waals surface area contributed by atoms with Crippen LogP contribution in [0.2, 0.25) is 0 Å². The fraction of sp³-hybridized carbons (Fsp3) is 0.100. The number of hydrogen-bond donors (Lipinski definition) is 1. The Kier molecular flexibility index (Phi) is 5.14. The minimum atomic E-state index is -0.143. The number of nitrogens with one attached hydrogen (secondary N) is 1. The second-order valence-electron chi connectivity index (χ2n) is 5.72. The highest BCUT2D eigenvalue weighted by Crippen LogP contribution is 2.23. The summed E-state index contributed by atoms with van der Waals surface area (Å²) in [6.07, 6.45) is 1.67. The van der Waals surface area contributed by atoms with Gasteiger partial charge in [-0.3, -0.25) is 4.79 Å². The number of para-hydroxylation sites is 1. The Balaban J connectivity index is 1.73. The molecule has 3 aromatic rings. The van der Waals surface area contributed by atoms with Gasteiger partial charge in [-0.2, -0.15) is 0 Å². The average Bonchev–Trinajstić information content (AvgIpc) is 2.65. The summed E-state index contributed by atoms with van der Waals surface area (Å²) in [6.45, 7) is 2.04. The normalized spacial score (nSPS) is 10.4. The molecular weight excluding hydrogens is 378 g/mol. The van der Waals surface area contributed by atoms with Crippen LogP contribution in [-0.4, -0.2) is 17.9 Å². The molecule has 0 unspecified atom stereocenters. The molecule has 1 aromatic heterocycles. The highest BCUT2D eigenvalue weighted by atomic mass is 79.9. The maximum Gasteiger partial charge on any atom is 0.276 e. The zero-order chi connectivity index (χ0) is 17.8. The van der Waals surface area contributed by atoms with Gasteiger partial charge in [0.05, 0.1) is 11.9 Å². The smallest absolute Gasteiger partial charge is 0.276 e. The summed E-state index contributed by atoms with van der Waals surface area (Å²) in [5, 5.41) is 3.28. The zero-order valence-corrected chi connectivity index (χ0v) is 15.6. The molecule has 0 fully saturated rings. The van der Waals surface area contributed by atoms with Crippen LogP contribution in [-0.2, 0) is 0 Å². The average molecular weight is 396 g/mol. The number of aryl methyl sites for hydroxylation is 1. The summed E-state index contributed by atoms with van der Waals surface area (Å²) in [7, 11) is 1.75. The number of carbonyl (C=O) groups is 1. The third kappa shape index (κ3) is 4.06. The van der Waals surface area contributed by atoms with E-state index in [1.807, 2.05) is 61.5 Å². The number of nitrogens with zero attached hydrogens (tertiary/aromatic N) is 2. The standard InChI is InChI=1S/C20H18BrN3O/c1-14-8-9-15(12-18(14)21)23-16-10-11-19(22-13-16)20(25)24(2)17-6-4-3-5-7-17/h3-13,23H,1-2H3. The number of hydrogen-bond acceptors (Lipinski definition) is 3. The first-order chi connectivity index (χ1) is 12.0. The van der Waals surface area contributed by atoms with E-state index in [1.165, 1.54) is 5.56 Å². The molecule has 3 rings (SSSR count). The Bertz CT molecular complexity index is 879. The molecule has 0 aliphatic rings. The molecule has 0 saturated heterocycles. The van der Waals surface area contributed by atoms with Gasteiger partial charge in [0.25, 0.3) is 5.91 Å². The van der Waals surface area contributed by atoms with Gasteiger partial charge < -0.3 is 10.2 Å². The van der Waals surface area contributed by atoms with Crippen LogP contribution in [0.15, 0.2) is 71.3 Å². The zero-order valence-electron chi connectivity index (χ0n) is 14.0. The second kappa shape index (κ2) is 7.49. The Labute approximate surface area is 155 Å². The van der Waals surface area contributed by atoms with Crippen molar-refractivity contribution in [2.75, 3.05) is 17.3 Å². The predicted octanol–water partition coefficient (Wildman–Crippen LogP) is 5.17. The highest BCUT2D eigenvalue weighted by Gasteiger charge is 2.14. The van der Waals surface area contributed by atoms with Crippen LogP contribution < -0.4 is 10.2 Å². The topological polar surface area (TPSA) is 45.2 Å². The minimum absolute atomic E-state index is 0.143. The van der Waals surface area contributed by atoms with Crippen LogP contribution >= 0.6 is 15.9 Å². The van der Waals surface area contributed by atoms with Crippen LogP contribution in [0, 0.1) is 6.92 Å². The van der Waals surface area contributed by atoms with Gasteiger partial charge in [-0.15, -0.1) is 0 Å². The molecule has 0 spiro atoms. The summed E-state index contributed by atoms with van der Waals surface area (Å²) in [5.74, 6) is -0.143. The van der Waals surface area contributed by atoms with Crippen molar-refractivity contribution < 1.29 is 4.79 Å². The lowest BCUT2D eigenvalue weighted by molar-refractivity contribution is 0.0988. The minimum Gasteiger partial charge on any atom is -0.354 e. The summed E-state index contributed by atoms with van der Waals surface area (Å²) in [6, 6.07) is 19.1. The molecule has 1 heterocycles. The number of halogens is 1. The van der Waals surface area contributed by atoms with E-state index in [9.17, 15) is 4.79 Å². The van der Waals surface area contributed by atoms with Crippen molar-refractivity contribution in [3.8, 4) is 0 Å². The van der Waals surface area contributed by atoms with E-state index in [0.717, 1.165) is 21.5 Å². The molecule has 0 aliphatic heterocycles. The Morgan fingerprint density at radius 3 is 2.40 bits per heavy atom. The van der Waals surface area contributed by atoms with Crippen molar-refractivity contribution >= 4 is 38.9 Å². The number of amides is 1. The third-order valence-electron chi connectivity index (χ3n) is 3.89. The molecule has 1 N–H and O–H groups in total. The van der Waals surface area contributed by atoms with Gasteiger partial charge in [0.2, 0.25) is 0 Å². The molecule has 0 radical (unpaired) electrons. The number of pyridine rings is 1. The number of rotatable bonds is 4. The van der Waals surface area contributed by atoms with Crippen LogP contribution in [0.3, 0.4) is 0 Å². The van der Waals surface area contributed by atoms with Crippen molar-refractivity contribution in [2.24, 2.45) is 0 Å². The van der Waals surface area contributed by atoms with E-state index in [1.54, 1.807) is 24.2 Å². The van der Waals surface area contributed by atoms with Crippen LogP contribution in [0.4, 0.5) is 17.1 Å². The lowest BCUT2D eigenvalue weighted by atomic mass is 10.2. The Morgan fingerprint density at radius 1 is 1.04 bits per heavy atom. The molecule has 1 amide bonds. The molecule has 0 atom stereocenters. The van der Waals surface area contributed by atoms with E-state index in [-0.39, 0.29) is 5.91 Å². The lowest BCUT2D eigenvalue weighted by Crippen LogP contribution is -2.26. The van der Waals surface area contributed by atoms with Gasteiger partial charge in [-0.05, 0) is 48.9 Å². The first-order valence-electron chi connectivity index (χ1n) is 7.87. The van der Waals surface area contributed by atoms with Crippen molar-refractivity contribution in [1.82, 2.24) is 4.98 Å². The molecule has 25 heavy (non-hydrogen) atoms. The van der Waals surface area contributed by atoms with E-state index in [4.69, 9.17) is 0 Å². The fourth-order valence-corrected chi connectivity index (χ4v) is 2.75. The van der Waals surface area contributed by atoms with E-state index in [0.29, 0.717) is 5.69 Å². The quantitative estimate of drug-likeness (QED) is 0.662. The molecule has 4 nitrogen and oxygen atoms in total. The van der Waals surface area contributed by atoms with Crippen molar-refractivity contribution in [3.05, 3.63) is 82.6 Å². The lowest BCUT2D eigenvalue weighted by Gasteiger charge is -2.17. The van der Waals surface area contributed by atoms with E-state index < -0.39 is 0 Å². The van der Waals surface area contributed by atoms with Gasteiger partial charge >= 0.3 is 0 Å². The number of benzene rings is 2. The van der Waals surface area contributed by atoms with Gasteiger partial charge in [-0.25, -0.2) is 4.98 Å².